The highest BCUT2D eigenvalue weighted by Crippen LogP contribution is 2.31. The SMILES string of the molecule is COc1cccc(NC(=O)C2CCCN(Cc3nc(-c4ccc(OC)c(OC)c4)no3)C2)c1. The van der Waals surface area contributed by atoms with Gasteiger partial charge in [-0.1, -0.05) is 11.2 Å². The van der Waals surface area contributed by atoms with Crippen LogP contribution < -0.4 is 19.5 Å². The van der Waals surface area contributed by atoms with Crippen molar-refractivity contribution in [1.82, 2.24) is 15.0 Å². The molecule has 1 fully saturated rings. The first kappa shape index (κ1) is 22.6. The number of rotatable bonds is 8. The fourth-order valence-electron chi connectivity index (χ4n) is 3.96. The summed E-state index contributed by atoms with van der Waals surface area (Å²) in [4.78, 5) is 19.5. The minimum Gasteiger partial charge on any atom is -0.497 e. The Morgan fingerprint density at radius 1 is 1.12 bits per heavy atom. The molecule has 2 heterocycles. The van der Waals surface area contributed by atoms with E-state index in [1.54, 1.807) is 27.4 Å². The van der Waals surface area contributed by atoms with Crippen LogP contribution in [0.3, 0.4) is 0 Å². The number of benzene rings is 2. The average Bonchev–Trinajstić information content (AvgIpc) is 3.32. The van der Waals surface area contributed by atoms with Crippen molar-refractivity contribution in [3.05, 3.63) is 48.4 Å². The number of methoxy groups -OCH3 is 3. The van der Waals surface area contributed by atoms with Crippen molar-refractivity contribution in [3.8, 4) is 28.6 Å². The lowest BCUT2D eigenvalue weighted by atomic mass is 9.97. The molecular weight excluding hydrogens is 424 g/mol. The van der Waals surface area contributed by atoms with E-state index < -0.39 is 0 Å². The normalized spacial score (nSPS) is 16.3. The highest BCUT2D eigenvalue weighted by atomic mass is 16.5. The van der Waals surface area contributed by atoms with Gasteiger partial charge in [-0.3, -0.25) is 9.69 Å². The summed E-state index contributed by atoms with van der Waals surface area (Å²) in [6.45, 7) is 1.99. The predicted molar refractivity (Wildman–Crippen MR) is 122 cm³/mol. The fraction of sp³-hybridized carbons (Fsp3) is 0.375. The predicted octanol–water partition coefficient (Wildman–Crippen LogP) is 3.61. The largest absolute Gasteiger partial charge is 0.497 e. The summed E-state index contributed by atoms with van der Waals surface area (Å²) in [6, 6.07) is 12.8. The quantitative estimate of drug-likeness (QED) is 0.553. The average molecular weight is 453 g/mol. The van der Waals surface area contributed by atoms with Gasteiger partial charge in [-0.25, -0.2) is 0 Å². The second kappa shape index (κ2) is 10.4. The molecule has 1 aliphatic rings. The molecule has 4 rings (SSSR count). The standard InChI is InChI=1S/C24H28N4O5/c1-30-19-8-4-7-18(13-19)25-24(29)17-6-5-11-28(14-17)15-22-26-23(27-33-22)16-9-10-20(31-2)21(12-16)32-3/h4,7-10,12-13,17H,5-6,11,14-15H2,1-3H3,(H,25,29). The molecule has 1 aromatic heterocycles. The van der Waals surface area contributed by atoms with Gasteiger partial charge in [0.2, 0.25) is 17.6 Å². The molecule has 0 radical (unpaired) electrons. The number of amides is 1. The van der Waals surface area contributed by atoms with E-state index in [1.807, 2.05) is 36.4 Å². The molecule has 33 heavy (non-hydrogen) atoms. The molecule has 1 aliphatic heterocycles. The third kappa shape index (κ3) is 5.43. The van der Waals surface area contributed by atoms with Crippen molar-refractivity contribution < 1.29 is 23.5 Å². The maximum absolute atomic E-state index is 12.8. The number of likely N-dealkylation sites (tertiary alicyclic amines) is 1. The Morgan fingerprint density at radius 3 is 2.76 bits per heavy atom. The van der Waals surface area contributed by atoms with Crippen LogP contribution in [0.25, 0.3) is 11.4 Å². The molecular formula is C24H28N4O5. The van der Waals surface area contributed by atoms with Crippen molar-refractivity contribution in [2.75, 3.05) is 39.7 Å². The van der Waals surface area contributed by atoms with Crippen LogP contribution >= 0.6 is 0 Å². The number of nitrogens with one attached hydrogen (secondary N) is 1. The number of hydrogen-bond acceptors (Lipinski definition) is 8. The number of carbonyl (C=O) groups is 1. The summed E-state index contributed by atoms with van der Waals surface area (Å²) < 4.78 is 21.3. The zero-order chi connectivity index (χ0) is 23.2. The summed E-state index contributed by atoms with van der Waals surface area (Å²) >= 11 is 0. The van der Waals surface area contributed by atoms with Crippen LogP contribution in [0, 0.1) is 5.92 Å². The van der Waals surface area contributed by atoms with E-state index in [4.69, 9.17) is 18.7 Å². The Labute approximate surface area is 192 Å². The van der Waals surface area contributed by atoms with Gasteiger partial charge in [-0.05, 0) is 49.7 Å². The molecule has 0 saturated carbocycles. The Morgan fingerprint density at radius 2 is 1.97 bits per heavy atom. The molecule has 9 heteroatoms. The topological polar surface area (TPSA) is 99.0 Å². The molecule has 0 spiro atoms. The zero-order valence-corrected chi connectivity index (χ0v) is 19.0. The van der Waals surface area contributed by atoms with Crippen molar-refractivity contribution in [2.45, 2.75) is 19.4 Å². The number of ether oxygens (including phenoxy) is 3. The summed E-state index contributed by atoms with van der Waals surface area (Å²) in [5.74, 6) is 2.82. The molecule has 1 N–H and O–H groups in total. The number of nitrogens with zero attached hydrogens (tertiary/aromatic N) is 3. The van der Waals surface area contributed by atoms with E-state index in [1.165, 1.54) is 0 Å². The number of anilines is 1. The van der Waals surface area contributed by atoms with E-state index >= 15 is 0 Å². The minimum atomic E-state index is -0.113. The van der Waals surface area contributed by atoms with Crippen molar-refractivity contribution >= 4 is 11.6 Å². The summed E-state index contributed by atoms with van der Waals surface area (Å²) in [5.41, 5.74) is 1.50. The molecule has 3 aromatic rings. The summed E-state index contributed by atoms with van der Waals surface area (Å²) in [5, 5.41) is 7.11. The van der Waals surface area contributed by atoms with Crippen LogP contribution in [-0.2, 0) is 11.3 Å². The van der Waals surface area contributed by atoms with Crippen molar-refractivity contribution in [2.24, 2.45) is 5.92 Å². The second-order valence-corrected chi connectivity index (χ2v) is 7.88. The minimum absolute atomic E-state index is 0.00417. The smallest absolute Gasteiger partial charge is 0.241 e. The molecule has 1 unspecified atom stereocenters. The van der Waals surface area contributed by atoms with E-state index in [0.717, 1.165) is 30.6 Å². The third-order valence-electron chi connectivity index (χ3n) is 5.68. The zero-order valence-electron chi connectivity index (χ0n) is 19.0. The number of hydrogen-bond donors (Lipinski definition) is 1. The summed E-state index contributed by atoms with van der Waals surface area (Å²) in [7, 11) is 4.78. The monoisotopic (exact) mass is 452 g/mol. The Bertz CT molecular complexity index is 1100. The van der Waals surface area contributed by atoms with Gasteiger partial charge in [-0.15, -0.1) is 0 Å². The van der Waals surface area contributed by atoms with Crippen molar-refractivity contribution in [1.29, 1.82) is 0 Å². The molecule has 1 atom stereocenters. The maximum atomic E-state index is 12.8. The highest BCUT2D eigenvalue weighted by molar-refractivity contribution is 5.92. The lowest BCUT2D eigenvalue weighted by molar-refractivity contribution is -0.121. The van der Waals surface area contributed by atoms with Crippen molar-refractivity contribution in [3.63, 3.8) is 0 Å². The first-order valence-electron chi connectivity index (χ1n) is 10.8. The van der Waals surface area contributed by atoms with Crippen LogP contribution in [0.2, 0.25) is 0 Å². The van der Waals surface area contributed by atoms with Crippen LogP contribution in [0.1, 0.15) is 18.7 Å². The molecule has 9 nitrogen and oxygen atoms in total. The number of aromatic nitrogens is 2. The van der Waals surface area contributed by atoms with E-state index in [-0.39, 0.29) is 11.8 Å². The van der Waals surface area contributed by atoms with Gasteiger partial charge >= 0.3 is 0 Å². The van der Waals surface area contributed by atoms with Gasteiger partial charge in [0.1, 0.15) is 5.75 Å². The van der Waals surface area contributed by atoms with Gasteiger partial charge in [0.05, 0.1) is 33.8 Å². The molecule has 174 valence electrons. The van der Waals surface area contributed by atoms with Crippen LogP contribution in [0.4, 0.5) is 5.69 Å². The lowest BCUT2D eigenvalue weighted by Gasteiger charge is -2.30. The van der Waals surface area contributed by atoms with Gasteiger partial charge in [0, 0.05) is 23.9 Å². The van der Waals surface area contributed by atoms with Crippen LogP contribution in [-0.4, -0.2) is 55.4 Å². The molecule has 1 saturated heterocycles. The number of piperidine rings is 1. The lowest BCUT2D eigenvalue weighted by Crippen LogP contribution is -2.40. The Balaban J connectivity index is 1.38. The molecule has 2 aromatic carbocycles. The van der Waals surface area contributed by atoms with E-state index in [9.17, 15) is 4.79 Å². The van der Waals surface area contributed by atoms with E-state index in [2.05, 4.69) is 20.4 Å². The fourth-order valence-corrected chi connectivity index (χ4v) is 3.96. The first-order chi connectivity index (χ1) is 16.1. The summed E-state index contributed by atoms with van der Waals surface area (Å²) in [6.07, 6.45) is 1.76. The molecule has 1 amide bonds. The van der Waals surface area contributed by atoms with Gasteiger partial charge < -0.3 is 24.1 Å². The Hall–Kier alpha value is -3.59. The van der Waals surface area contributed by atoms with E-state index in [0.29, 0.717) is 42.1 Å². The van der Waals surface area contributed by atoms with Gasteiger partial charge in [0.15, 0.2) is 11.5 Å². The maximum Gasteiger partial charge on any atom is 0.241 e. The second-order valence-electron chi connectivity index (χ2n) is 7.88. The number of carbonyl (C=O) groups excluding carboxylic acids is 1. The van der Waals surface area contributed by atoms with Crippen LogP contribution in [0.15, 0.2) is 47.0 Å². The molecule has 0 bridgehead atoms. The molecule has 0 aliphatic carbocycles. The van der Waals surface area contributed by atoms with Gasteiger partial charge in [-0.2, -0.15) is 4.98 Å². The van der Waals surface area contributed by atoms with Gasteiger partial charge in [0.25, 0.3) is 0 Å². The third-order valence-corrected chi connectivity index (χ3v) is 5.68. The van der Waals surface area contributed by atoms with Crippen LogP contribution in [0.5, 0.6) is 17.2 Å². The first-order valence-corrected chi connectivity index (χ1v) is 10.8. The highest BCUT2D eigenvalue weighted by Gasteiger charge is 2.27. The Kier molecular flexibility index (Phi) is 7.09.